The Hall–Kier alpha value is -1.10. The fraction of sp³-hybridized carbons (Fsp3) is 0.875. The summed E-state index contributed by atoms with van der Waals surface area (Å²) in [6.45, 7) is 8.35. The normalized spacial score (nSPS) is 17.2. The van der Waals surface area contributed by atoms with E-state index in [-0.39, 0.29) is 17.2 Å². The van der Waals surface area contributed by atoms with E-state index in [2.05, 4.69) is 25.7 Å². The van der Waals surface area contributed by atoms with Gasteiger partial charge in [0.15, 0.2) is 0 Å². The smallest absolute Gasteiger partial charge is 0.236 e. The number of likely N-dealkylation sites (tertiary alicyclic amines) is 1. The molecule has 1 saturated heterocycles. The van der Waals surface area contributed by atoms with Gasteiger partial charge in [0.25, 0.3) is 0 Å². The van der Waals surface area contributed by atoms with Gasteiger partial charge in [0.1, 0.15) is 0 Å². The minimum Gasteiger partial charge on any atom is -0.348 e. The van der Waals surface area contributed by atoms with Gasteiger partial charge in [0.2, 0.25) is 11.8 Å². The highest BCUT2D eigenvalue weighted by Crippen LogP contribution is 2.22. The molecule has 0 spiro atoms. The van der Waals surface area contributed by atoms with Crippen molar-refractivity contribution in [3.05, 3.63) is 0 Å². The quantitative estimate of drug-likeness (QED) is 0.788. The Bertz CT molecular complexity index is 366. The van der Waals surface area contributed by atoms with Crippen molar-refractivity contribution in [2.75, 3.05) is 40.8 Å². The molecule has 1 rings (SSSR count). The number of likely N-dealkylation sites (N-methyl/N-ethyl adjacent to an activating group) is 2. The van der Waals surface area contributed by atoms with Gasteiger partial charge in [-0.25, -0.2) is 0 Å². The van der Waals surface area contributed by atoms with Crippen molar-refractivity contribution < 1.29 is 9.59 Å². The highest BCUT2D eigenvalue weighted by atomic mass is 16.2. The Balaban J connectivity index is 2.41. The lowest BCUT2D eigenvalue weighted by Crippen LogP contribution is -2.48. The van der Waals surface area contributed by atoms with Crippen LogP contribution in [-0.2, 0) is 9.59 Å². The van der Waals surface area contributed by atoms with Gasteiger partial charge in [-0.1, -0.05) is 20.8 Å². The lowest BCUT2D eigenvalue weighted by molar-refractivity contribution is -0.135. The Labute approximate surface area is 129 Å². The molecule has 1 fully saturated rings. The van der Waals surface area contributed by atoms with Gasteiger partial charge in [0.05, 0.1) is 6.54 Å². The summed E-state index contributed by atoms with van der Waals surface area (Å²) in [5.74, 6) is 0.386. The average molecular weight is 297 g/mol. The molecule has 5 nitrogen and oxygen atoms in total. The first-order chi connectivity index (χ1) is 9.60. The Morgan fingerprint density at radius 3 is 2.05 bits per heavy atom. The van der Waals surface area contributed by atoms with E-state index in [1.165, 1.54) is 0 Å². The van der Waals surface area contributed by atoms with Crippen molar-refractivity contribution in [2.45, 2.75) is 46.1 Å². The summed E-state index contributed by atoms with van der Waals surface area (Å²) in [5.41, 5.74) is 0.0445. The van der Waals surface area contributed by atoms with Crippen LogP contribution in [0.25, 0.3) is 0 Å². The number of hydrogen-bond acceptors (Lipinski definition) is 3. The Morgan fingerprint density at radius 1 is 1.10 bits per heavy atom. The SMILES string of the molecule is CN(C)C(=O)CN(C)C1CCN(C(=O)CC(C)(C)C)CC1. The summed E-state index contributed by atoms with van der Waals surface area (Å²) in [4.78, 5) is 29.7. The van der Waals surface area contributed by atoms with Crippen molar-refractivity contribution in [3.8, 4) is 0 Å². The van der Waals surface area contributed by atoms with Gasteiger partial charge >= 0.3 is 0 Å². The molecule has 122 valence electrons. The second-order valence-corrected chi connectivity index (χ2v) is 7.55. The number of carbonyl (C=O) groups excluding carboxylic acids is 2. The zero-order valence-corrected chi connectivity index (χ0v) is 14.5. The van der Waals surface area contributed by atoms with Crippen LogP contribution < -0.4 is 0 Å². The third-order valence-electron chi connectivity index (χ3n) is 4.01. The van der Waals surface area contributed by atoms with Crippen LogP contribution in [0.2, 0.25) is 0 Å². The molecule has 21 heavy (non-hydrogen) atoms. The Morgan fingerprint density at radius 2 is 1.62 bits per heavy atom. The molecular weight excluding hydrogens is 266 g/mol. The maximum absolute atomic E-state index is 12.2. The van der Waals surface area contributed by atoms with Gasteiger partial charge in [-0.3, -0.25) is 14.5 Å². The number of carbonyl (C=O) groups is 2. The topological polar surface area (TPSA) is 43.9 Å². The molecule has 2 amide bonds. The lowest BCUT2D eigenvalue weighted by atomic mass is 9.91. The molecule has 0 aromatic carbocycles. The largest absolute Gasteiger partial charge is 0.348 e. The molecule has 0 aromatic rings. The summed E-state index contributed by atoms with van der Waals surface area (Å²) in [6.07, 6.45) is 2.51. The van der Waals surface area contributed by atoms with Crippen LogP contribution in [0.3, 0.4) is 0 Å². The zero-order valence-electron chi connectivity index (χ0n) is 14.5. The fourth-order valence-corrected chi connectivity index (χ4v) is 2.61. The van der Waals surface area contributed by atoms with Crippen LogP contribution in [0, 0.1) is 5.41 Å². The molecular formula is C16H31N3O2. The molecule has 5 heteroatoms. The van der Waals surface area contributed by atoms with E-state index < -0.39 is 0 Å². The molecule has 0 radical (unpaired) electrons. The molecule has 0 saturated carbocycles. The first-order valence-electron chi connectivity index (χ1n) is 7.78. The van der Waals surface area contributed by atoms with E-state index in [4.69, 9.17) is 0 Å². The van der Waals surface area contributed by atoms with Crippen molar-refractivity contribution >= 4 is 11.8 Å². The van der Waals surface area contributed by atoms with Crippen LogP contribution >= 0.6 is 0 Å². The predicted octanol–water partition coefficient (Wildman–Crippen LogP) is 1.43. The standard InChI is InChI=1S/C16H31N3O2/c1-16(2,3)11-14(20)19-9-7-13(8-10-19)18(6)12-15(21)17(4)5/h13H,7-12H2,1-6H3. The van der Waals surface area contributed by atoms with Crippen molar-refractivity contribution in [3.63, 3.8) is 0 Å². The van der Waals surface area contributed by atoms with E-state index in [1.54, 1.807) is 19.0 Å². The molecule has 1 aliphatic heterocycles. The molecule has 1 heterocycles. The van der Waals surface area contributed by atoms with Crippen LogP contribution in [0.1, 0.15) is 40.0 Å². The van der Waals surface area contributed by atoms with E-state index in [9.17, 15) is 9.59 Å². The number of piperidine rings is 1. The van der Waals surface area contributed by atoms with Crippen LogP contribution in [0.4, 0.5) is 0 Å². The molecule has 0 N–H and O–H groups in total. The van der Waals surface area contributed by atoms with Crippen molar-refractivity contribution in [1.29, 1.82) is 0 Å². The number of nitrogens with zero attached hydrogens (tertiary/aromatic N) is 3. The molecule has 0 bridgehead atoms. The third-order valence-corrected chi connectivity index (χ3v) is 4.01. The van der Waals surface area contributed by atoms with Crippen LogP contribution in [-0.4, -0.2) is 73.3 Å². The summed E-state index contributed by atoms with van der Waals surface area (Å²) in [7, 11) is 5.56. The lowest BCUT2D eigenvalue weighted by Gasteiger charge is -2.37. The molecule has 0 unspecified atom stereocenters. The highest BCUT2D eigenvalue weighted by Gasteiger charge is 2.28. The van der Waals surface area contributed by atoms with E-state index in [1.807, 2.05) is 11.9 Å². The van der Waals surface area contributed by atoms with Gasteiger partial charge in [-0.15, -0.1) is 0 Å². The maximum Gasteiger partial charge on any atom is 0.236 e. The van der Waals surface area contributed by atoms with E-state index >= 15 is 0 Å². The average Bonchev–Trinajstić information content (AvgIpc) is 2.36. The summed E-state index contributed by atoms with van der Waals surface area (Å²) < 4.78 is 0. The van der Waals surface area contributed by atoms with Crippen LogP contribution in [0.15, 0.2) is 0 Å². The molecule has 0 aromatic heterocycles. The van der Waals surface area contributed by atoms with Crippen molar-refractivity contribution in [1.82, 2.24) is 14.7 Å². The van der Waals surface area contributed by atoms with E-state index in [0.717, 1.165) is 25.9 Å². The summed E-state index contributed by atoms with van der Waals surface area (Å²) >= 11 is 0. The zero-order chi connectivity index (χ0) is 16.2. The van der Waals surface area contributed by atoms with Crippen molar-refractivity contribution in [2.24, 2.45) is 5.41 Å². The fourth-order valence-electron chi connectivity index (χ4n) is 2.61. The first kappa shape index (κ1) is 18.0. The van der Waals surface area contributed by atoms with Crippen LogP contribution in [0.5, 0.6) is 0 Å². The molecule has 0 aliphatic carbocycles. The summed E-state index contributed by atoms with van der Waals surface area (Å²) in [5, 5.41) is 0. The second-order valence-electron chi connectivity index (χ2n) is 7.55. The second kappa shape index (κ2) is 7.25. The minimum absolute atomic E-state index is 0.0445. The molecule has 1 aliphatic rings. The third kappa shape index (κ3) is 6.04. The number of hydrogen-bond donors (Lipinski definition) is 0. The van der Waals surface area contributed by atoms with Gasteiger partial charge < -0.3 is 9.80 Å². The highest BCUT2D eigenvalue weighted by molar-refractivity contribution is 5.78. The number of rotatable bonds is 4. The summed E-state index contributed by atoms with van der Waals surface area (Å²) in [6, 6.07) is 0.396. The van der Waals surface area contributed by atoms with Gasteiger partial charge in [-0.05, 0) is 25.3 Å². The maximum atomic E-state index is 12.2. The molecule has 0 atom stereocenters. The first-order valence-corrected chi connectivity index (χ1v) is 7.78. The Kier molecular flexibility index (Phi) is 6.20. The van der Waals surface area contributed by atoms with Gasteiger partial charge in [0, 0.05) is 39.6 Å². The van der Waals surface area contributed by atoms with E-state index in [0.29, 0.717) is 19.0 Å². The number of amides is 2. The predicted molar refractivity (Wildman–Crippen MR) is 85.0 cm³/mol. The van der Waals surface area contributed by atoms with Gasteiger partial charge in [-0.2, -0.15) is 0 Å². The monoisotopic (exact) mass is 297 g/mol. The minimum atomic E-state index is 0.0445.